The number of carbonyl (C=O) groups excluding carboxylic acids is 3. The molecule has 0 unspecified atom stereocenters. The SMILES string of the molecule is O=C(/C=C/c1ccccc1[N+](=O)[O-])Nc1ccc(N2C(=O)c3ccccc3C2=O)c(Cl)c1. The summed E-state index contributed by atoms with van der Waals surface area (Å²) in [5.41, 5.74) is 1.28. The molecule has 0 aromatic heterocycles. The molecule has 1 heterocycles. The van der Waals surface area contributed by atoms with Gasteiger partial charge in [-0.15, -0.1) is 0 Å². The molecule has 0 aliphatic carbocycles. The fourth-order valence-electron chi connectivity index (χ4n) is 3.32. The van der Waals surface area contributed by atoms with Gasteiger partial charge in [0.05, 0.1) is 32.3 Å². The molecule has 1 N–H and O–H groups in total. The van der Waals surface area contributed by atoms with Gasteiger partial charge >= 0.3 is 0 Å². The van der Waals surface area contributed by atoms with Gasteiger partial charge in [0.1, 0.15) is 0 Å². The first-order valence-corrected chi connectivity index (χ1v) is 9.74. The Bertz CT molecular complexity index is 1280. The number of nitro benzene ring substituents is 1. The summed E-state index contributed by atoms with van der Waals surface area (Å²) < 4.78 is 0. The van der Waals surface area contributed by atoms with Crippen molar-refractivity contribution in [3.05, 3.63) is 105 Å². The number of nitrogens with zero attached hydrogens (tertiary/aromatic N) is 2. The van der Waals surface area contributed by atoms with E-state index in [1.54, 1.807) is 30.3 Å². The van der Waals surface area contributed by atoms with E-state index in [2.05, 4.69) is 5.32 Å². The number of anilines is 2. The Morgan fingerprint density at radius 2 is 1.59 bits per heavy atom. The number of hydrogen-bond acceptors (Lipinski definition) is 5. The average Bonchev–Trinajstić information content (AvgIpc) is 3.03. The Kier molecular flexibility index (Phi) is 5.53. The van der Waals surface area contributed by atoms with Crippen LogP contribution in [-0.2, 0) is 4.79 Å². The minimum Gasteiger partial charge on any atom is -0.322 e. The van der Waals surface area contributed by atoms with Gasteiger partial charge in [-0.2, -0.15) is 0 Å². The lowest BCUT2D eigenvalue weighted by Crippen LogP contribution is -2.29. The lowest BCUT2D eigenvalue weighted by molar-refractivity contribution is -0.385. The van der Waals surface area contributed by atoms with Crippen LogP contribution < -0.4 is 10.2 Å². The van der Waals surface area contributed by atoms with E-state index in [4.69, 9.17) is 11.6 Å². The number of fused-ring (bicyclic) bond motifs is 1. The van der Waals surface area contributed by atoms with Crippen molar-refractivity contribution in [1.82, 2.24) is 0 Å². The van der Waals surface area contributed by atoms with E-state index in [1.807, 2.05) is 0 Å². The zero-order valence-electron chi connectivity index (χ0n) is 16.3. The van der Waals surface area contributed by atoms with Crippen LogP contribution >= 0.6 is 11.6 Å². The van der Waals surface area contributed by atoms with Gasteiger partial charge in [-0.3, -0.25) is 24.5 Å². The molecule has 8 nitrogen and oxygen atoms in total. The quantitative estimate of drug-likeness (QED) is 0.264. The summed E-state index contributed by atoms with van der Waals surface area (Å²) >= 11 is 6.30. The number of benzene rings is 3. The smallest absolute Gasteiger partial charge is 0.276 e. The maximum Gasteiger partial charge on any atom is 0.276 e. The van der Waals surface area contributed by atoms with Gasteiger partial charge in [0.15, 0.2) is 0 Å². The third-order valence-electron chi connectivity index (χ3n) is 4.80. The van der Waals surface area contributed by atoms with Crippen molar-refractivity contribution in [1.29, 1.82) is 0 Å². The van der Waals surface area contributed by atoms with Gasteiger partial charge in [-0.25, -0.2) is 4.90 Å². The molecule has 1 aliphatic heterocycles. The number of rotatable bonds is 5. The van der Waals surface area contributed by atoms with Crippen molar-refractivity contribution in [3.63, 3.8) is 0 Å². The summed E-state index contributed by atoms with van der Waals surface area (Å²) in [6.07, 6.45) is 2.50. The maximum absolute atomic E-state index is 12.6. The first-order chi connectivity index (χ1) is 15.4. The first-order valence-electron chi connectivity index (χ1n) is 9.36. The second-order valence-electron chi connectivity index (χ2n) is 6.80. The molecule has 0 bridgehead atoms. The van der Waals surface area contributed by atoms with Crippen LogP contribution in [0.5, 0.6) is 0 Å². The van der Waals surface area contributed by atoms with Crippen LogP contribution in [0.4, 0.5) is 17.1 Å². The Balaban J connectivity index is 1.51. The molecular formula is C23H14ClN3O5. The van der Waals surface area contributed by atoms with Gasteiger partial charge in [0.25, 0.3) is 17.5 Å². The molecule has 0 saturated carbocycles. The van der Waals surface area contributed by atoms with Crippen molar-refractivity contribution in [2.75, 3.05) is 10.2 Å². The van der Waals surface area contributed by atoms with Crippen LogP contribution in [0.1, 0.15) is 26.3 Å². The fourth-order valence-corrected chi connectivity index (χ4v) is 3.58. The Hall–Kier alpha value is -4.30. The van der Waals surface area contributed by atoms with Crippen LogP contribution in [0.3, 0.4) is 0 Å². The highest BCUT2D eigenvalue weighted by Gasteiger charge is 2.37. The second kappa shape index (κ2) is 8.44. The number of carbonyl (C=O) groups is 3. The summed E-state index contributed by atoms with van der Waals surface area (Å²) in [6.45, 7) is 0. The molecule has 0 spiro atoms. The fraction of sp³-hybridized carbons (Fsp3) is 0. The van der Waals surface area contributed by atoms with E-state index >= 15 is 0 Å². The number of para-hydroxylation sites is 1. The minimum atomic E-state index is -0.535. The molecular weight excluding hydrogens is 434 g/mol. The van der Waals surface area contributed by atoms with Gasteiger partial charge in [0, 0.05) is 17.8 Å². The maximum atomic E-state index is 12.6. The summed E-state index contributed by atoms with van der Waals surface area (Å²) in [7, 11) is 0. The highest BCUT2D eigenvalue weighted by atomic mass is 35.5. The largest absolute Gasteiger partial charge is 0.322 e. The lowest BCUT2D eigenvalue weighted by Gasteiger charge is -2.16. The lowest BCUT2D eigenvalue weighted by atomic mass is 10.1. The number of hydrogen-bond donors (Lipinski definition) is 1. The van der Waals surface area contributed by atoms with Crippen molar-refractivity contribution in [2.24, 2.45) is 0 Å². The second-order valence-corrected chi connectivity index (χ2v) is 7.20. The highest BCUT2D eigenvalue weighted by molar-refractivity contribution is 6.40. The molecule has 3 aromatic rings. The molecule has 4 rings (SSSR count). The number of imide groups is 1. The predicted molar refractivity (Wildman–Crippen MR) is 120 cm³/mol. The first kappa shape index (κ1) is 21.0. The van der Waals surface area contributed by atoms with Crippen LogP contribution in [0.2, 0.25) is 5.02 Å². The summed E-state index contributed by atoms with van der Waals surface area (Å²) in [5, 5.41) is 13.7. The number of nitrogens with one attached hydrogen (secondary N) is 1. The minimum absolute atomic E-state index is 0.0972. The zero-order valence-corrected chi connectivity index (χ0v) is 17.1. The third-order valence-corrected chi connectivity index (χ3v) is 5.10. The van der Waals surface area contributed by atoms with Gasteiger partial charge in [-0.1, -0.05) is 35.9 Å². The summed E-state index contributed by atoms with van der Waals surface area (Å²) in [5.74, 6) is -1.49. The Morgan fingerprint density at radius 1 is 0.969 bits per heavy atom. The van der Waals surface area contributed by atoms with E-state index in [1.165, 1.54) is 42.5 Å². The van der Waals surface area contributed by atoms with Crippen LogP contribution in [0.15, 0.2) is 72.8 Å². The van der Waals surface area contributed by atoms with Crippen molar-refractivity contribution in [2.45, 2.75) is 0 Å². The van der Waals surface area contributed by atoms with E-state index in [-0.39, 0.29) is 22.0 Å². The molecule has 0 fully saturated rings. The Morgan fingerprint density at radius 3 is 2.22 bits per heavy atom. The van der Waals surface area contributed by atoms with Gasteiger partial charge in [-0.05, 0) is 42.5 Å². The van der Waals surface area contributed by atoms with Crippen molar-refractivity contribution < 1.29 is 19.3 Å². The molecule has 0 saturated heterocycles. The molecule has 32 heavy (non-hydrogen) atoms. The van der Waals surface area contributed by atoms with E-state index in [0.717, 1.165) is 11.0 Å². The number of halogens is 1. The monoisotopic (exact) mass is 447 g/mol. The van der Waals surface area contributed by atoms with Crippen LogP contribution in [0.25, 0.3) is 6.08 Å². The summed E-state index contributed by atoms with van der Waals surface area (Å²) in [6, 6.07) is 16.9. The van der Waals surface area contributed by atoms with Crippen LogP contribution in [-0.4, -0.2) is 22.6 Å². The highest BCUT2D eigenvalue weighted by Crippen LogP contribution is 2.34. The standard InChI is InChI=1S/C23H14ClN3O5/c24-18-13-15(25-21(28)12-9-14-5-1-4-8-19(14)27(31)32)10-11-20(18)26-22(29)16-6-2-3-7-17(16)23(26)30/h1-13H,(H,25,28)/b12-9+. The normalized spacial score (nSPS) is 12.8. The molecule has 158 valence electrons. The molecule has 3 amide bonds. The van der Waals surface area contributed by atoms with Crippen molar-refractivity contribution in [3.8, 4) is 0 Å². The van der Waals surface area contributed by atoms with Crippen molar-refractivity contribution >= 4 is 52.5 Å². The predicted octanol–water partition coefficient (Wildman–Crippen LogP) is 4.70. The topological polar surface area (TPSA) is 110 Å². The van der Waals surface area contributed by atoms with Gasteiger partial charge in [0.2, 0.25) is 5.91 Å². The molecule has 0 radical (unpaired) electrons. The number of amides is 3. The van der Waals surface area contributed by atoms with E-state index in [9.17, 15) is 24.5 Å². The number of nitro groups is 1. The average molecular weight is 448 g/mol. The van der Waals surface area contributed by atoms with E-state index in [0.29, 0.717) is 16.8 Å². The molecule has 1 aliphatic rings. The zero-order chi connectivity index (χ0) is 22.8. The summed E-state index contributed by atoms with van der Waals surface area (Å²) in [4.78, 5) is 49.0. The molecule has 9 heteroatoms. The molecule has 0 atom stereocenters. The Labute approximate surface area is 186 Å². The molecule has 3 aromatic carbocycles. The van der Waals surface area contributed by atoms with E-state index < -0.39 is 22.6 Å². The van der Waals surface area contributed by atoms with Gasteiger partial charge < -0.3 is 5.32 Å². The van der Waals surface area contributed by atoms with Crippen LogP contribution in [0, 0.1) is 10.1 Å². The third kappa shape index (κ3) is 3.86.